The van der Waals surface area contributed by atoms with Crippen LogP contribution in [0.25, 0.3) is 0 Å². The Morgan fingerprint density at radius 1 is 1.27 bits per heavy atom. The molecule has 2 N–H and O–H groups in total. The number of rotatable bonds is 5. The van der Waals surface area contributed by atoms with E-state index in [1.54, 1.807) is 42.7 Å². The molecule has 140 valence electrons. The third-order valence-corrected chi connectivity index (χ3v) is 6.26. The molecule has 1 aliphatic rings. The van der Waals surface area contributed by atoms with Crippen LogP contribution in [0.15, 0.2) is 52.0 Å². The highest BCUT2D eigenvalue weighted by molar-refractivity contribution is 7.89. The van der Waals surface area contributed by atoms with Crippen molar-refractivity contribution in [2.75, 3.05) is 13.1 Å². The van der Waals surface area contributed by atoms with Gasteiger partial charge in [-0.25, -0.2) is 13.2 Å². The Bertz CT molecular complexity index is 832. The van der Waals surface area contributed by atoms with Crippen molar-refractivity contribution < 1.29 is 17.6 Å². The lowest BCUT2D eigenvalue weighted by molar-refractivity contribution is 0.224. The number of benzene rings is 1. The number of amides is 2. The summed E-state index contributed by atoms with van der Waals surface area (Å²) in [7, 11) is -3.55. The van der Waals surface area contributed by atoms with E-state index < -0.39 is 10.0 Å². The molecule has 1 aromatic carbocycles. The van der Waals surface area contributed by atoms with E-state index >= 15 is 0 Å². The van der Waals surface area contributed by atoms with Crippen LogP contribution in [0.1, 0.15) is 24.2 Å². The first-order valence-electron chi connectivity index (χ1n) is 8.59. The second kappa shape index (κ2) is 7.92. The molecule has 1 aromatic heterocycles. The summed E-state index contributed by atoms with van der Waals surface area (Å²) in [6.45, 7) is 2.93. The predicted octanol–water partition coefficient (Wildman–Crippen LogP) is 2.24. The maximum Gasteiger partial charge on any atom is 0.315 e. The van der Waals surface area contributed by atoms with E-state index in [2.05, 4.69) is 10.6 Å². The Balaban J connectivity index is 1.58. The van der Waals surface area contributed by atoms with Crippen LogP contribution in [0.2, 0.25) is 0 Å². The van der Waals surface area contributed by atoms with E-state index in [9.17, 15) is 13.2 Å². The number of hydrogen-bond acceptors (Lipinski definition) is 4. The van der Waals surface area contributed by atoms with Crippen LogP contribution in [0.5, 0.6) is 0 Å². The van der Waals surface area contributed by atoms with Gasteiger partial charge < -0.3 is 15.1 Å². The Labute approximate surface area is 153 Å². The van der Waals surface area contributed by atoms with Crippen LogP contribution >= 0.6 is 0 Å². The Kier molecular flexibility index (Phi) is 5.63. The zero-order chi connectivity index (χ0) is 18.6. The first-order chi connectivity index (χ1) is 12.4. The monoisotopic (exact) mass is 377 g/mol. The van der Waals surface area contributed by atoms with Gasteiger partial charge in [0.15, 0.2) is 0 Å². The van der Waals surface area contributed by atoms with Gasteiger partial charge in [0.1, 0.15) is 5.76 Å². The molecule has 0 spiro atoms. The lowest BCUT2D eigenvalue weighted by Crippen LogP contribution is -2.51. The zero-order valence-corrected chi connectivity index (χ0v) is 15.5. The molecule has 8 heteroatoms. The molecule has 26 heavy (non-hydrogen) atoms. The Hall–Kier alpha value is -2.32. The van der Waals surface area contributed by atoms with Crippen molar-refractivity contribution in [1.82, 2.24) is 14.9 Å². The molecule has 0 aliphatic carbocycles. The van der Waals surface area contributed by atoms with Gasteiger partial charge in [-0.15, -0.1) is 0 Å². The first-order valence-corrected chi connectivity index (χ1v) is 10.0. The number of nitrogens with zero attached hydrogens (tertiary/aromatic N) is 1. The minimum atomic E-state index is -3.55. The fourth-order valence-electron chi connectivity index (χ4n) is 2.95. The highest BCUT2D eigenvalue weighted by atomic mass is 32.2. The second-order valence-electron chi connectivity index (χ2n) is 6.42. The van der Waals surface area contributed by atoms with Gasteiger partial charge >= 0.3 is 6.03 Å². The summed E-state index contributed by atoms with van der Waals surface area (Å²) >= 11 is 0. The molecule has 1 fully saturated rings. The Morgan fingerprint density at radius 3 is 2.73 bits per heavy atom. The molecule has 1 aliphatic heterocycles. The number of hydrogen-bond donors (Lipinski definition) is 2. The summed E-state index contributed by atoms with van der Waals surface area (Å²) in [5.74, 6) is 0.660. The number of furan rings is 1. The van der Waals surface area contributed by atoms with Crippen molar-refractivity contribution in [2.24, 2.45) is 0 Å². The van der Waals surface area contributed by atoms with Crippen molar-refractivity contribution in [1.29, 1.82) is 0 Å². The van der Waals surface area contributed by atoms with Gasteiger partial charge in [-0.1, -0.05) is 17.7 Å². The SMILES string of the molecule is Cc1ccc(S(=O)(=O)N2CCCC(NC(=O)NCc3ccco3)C2)cc1. The van der Waals surface area contributed by atoms with Gasteiger partial charge in [-0.05, 0) is 44.0 Å². The van der Waals surface area contributed by atoms with Gasteiger partial charge in [0.2, 0.25) is 10.0 Å². The Morgan fingerprint density at radius 2 is 2.04 bits per heavy atom. The molecule has 1 atom stereocenters. The normalized spacial score (nSPS) is 18.4. The van der Waals surface area contributed by atoms with E-state index in [1.807, 2.05) is 6.92 Å². The van der Waals surface area contributed by atoms with Gasteiger partial charge in [0.05, 0.1) is 17.7 Å². The summed E-state index contributed by atoms with van der Waals surface area (Å²) in [6.07, 6.45) is 2.99. The molecule has 2 aromatic rings. The number of carbonyl (C=O) groups is 1. The molecule has 3 rings (SSSR count). The summed E-state index contributed by atoms with van der Waals surface area (Å²) in [6, 6.07) is 9.79. The molecular weight excluding hydrogens is 354 g/mol. The lowest BCUT2D eigenvalue weighted by atomic mass is 10.1. The second-order valence-corrected chi connectivity index (χ2v) is 8.36. The molecule has 0 saturated carbocycles. The zero-order valence-electron chi connectivity index (χ0n) is 14.6. The van der Waals surface area contributed by atoms with E-state index in [4.69, 9.17) is 4.42 Å². The fourth-order valence-corrected chi connectivity index (χ4v) is 4.48. The van der Waals surface area contributed by atoms with Crippen molar-refractivity contribution >= 4 is 16.1 Å². The minimum absolute atomic E-state index is 0.222. The highest BCUT2D eigenvalue weighted by Gasteiger charge is 2.30. The van der Waals surface area contributed by atoms with Crippen molar-refractivity contribution in [2.45, 2.75) is 37.2 Å². The number of carbonyl (C=O) groups excluding carboxylic acids is 1. The quantitative estimate of drug-likeness (QED) is 0.836. The summed E-state index contributed by atoms with van der Waals surface area (Å²) in [5, 5.41) is 5.56. The fraction of sp³-hybridized carbons (Fsp3) is 0.389. The number of urea groups is 1. The van der Waals surface area contributed by atoms with Crippen LogP contribution < -0.4 is 10.6 Å². The smallest absolute Gasteiger partial charge is 0.315 e. The summed E-state index contributed by atoms with van der Waals surface area (Å²) < 4.78 is 32.2. The molecule has 2 heterocycles. The largest absolute Gasteiger partial charge is 0.467 e. The first kappa shape index (κ1) is 18.5. The van der Waals surface area contributed by atoms with Crippen molar-refractivity contribution in [3.8, 4) is 0 Å². The molecule has 1 unspecified atom stereocenters. The van der Waals surface area contributed by atoms with Gasteiger partial charge in [0, 0.05) is 19.1 Å². The standard InChI is InChI=1S/C18H23N3O4S/c1-14-6-8-17(9-7-14)26(23,24)21-10-2-4-15(13-21)20-18(22)19-12-16-5-3-11-25-16/h3,5-9,11,15H,2,4,10,12-13H2,1H3,(H2,19,20,22). The molecule has 0 bridgehead atoms. The van der Waals surface area contributed by atoms with Gasteiger partial charge in [-0.3, -0.25) is 0 Å². The van der Waals surface area contributed by atoms with E-state index in [-0.39, 0.29) is 30.1 Å². The molecule has 7 nitrogen and oxygen atoms in total. The van der Waals surface area contributed by atoms with Crippen molar-refractivity contribution in [3.05, 3.63) is 54.0 Å². The van der Waals surface area contributed by atoms with Crippen molar-refractivity contribution in [3.63, 3.8) is 0 Å². The highest BCUT2D eigenvalue weighted by Crippen LogP contribution is 2.21. The molecule has 2 amide bonds. The van der Waals surface area contributed by atoms with E-state index in [0.717, 1.165) is 12.0 Å². The predicted molar refractivity (Wildman–Crippen MR) is 97.0 cm³/mol. The third kappa shape index (κ3) is 4.44. The van der Waals surface area contributed by atoms with Crippen LogP contribution in [-0.4, -0.2) is 37.9 Å². The van der Waals surface area contributed by atoms with E-state index in [1.165, 1.54) is 4.31 Å². The minimum Gasteiger partial charge on any atom is -0.467 e. The molecule has 0 radical (unpaired) electrons. The van der Waals surface area contributed by atoms with Crippen LogP contribution in [-0.2, 0) is 16.6 Å². The van der Waals surface area contributed by atoms with Crippen LogP contribution in [0.3, 0.4) is 0 Å². The van der Waals surface area contributed by atoms with Gasteiger partial charge in [0.25, 0.3) is 0 Å². The van der Waals surface area contributed by atoms with Crippen LogP contribution in [0, 0.1) is 6.92 Å². The number of sulfonamides is 1. The van der Waals surface area contributed by atoms with Gasteiger partial charge in [-0.2, -0.15) is 4.31 Å². The van der Waals surface area contributed by atoms with E-state index in [0.29, 0.717) is 18.7 Å². The lowest BCUT2D eigenvalue weighted by Gasteiger charge is -2.32. The number of nitrogens with one attached hydrogen (secondary N) is 2. The average Bonchev–Trinajstić information content (AvgIpc) is 3.14. The maximum atomic E-state index is 12.8. The third-order valence-electron chi connectivity index (χ3n) is 4.38. The summed E-state index contributed by atoms with van der Waals surface area (Å²) in [4.78, 5) is 12.3. The maximum absolute atomic E-state index is 12.8. The van der Waals surface area contributed by atoms with Crippen LogP contribution in [0.4, 0.5) is 4.79 Å². The molecule has 1 saturated heterocycles. The number of aryl methyl sites for hydroxylation is 1. The molecular formula is C18H23N3O4S. The summed E-state index contributed by atoms with van der Waals surface area (Å²) in [5.41, 5.74) is 1.01. The average molecular weight is 377 g/mol. The topological polar surface area (TPSA) is 91.7 Å². The number of piperidine rings is 1.